The highest BCUT2D eigenvalue weighted by Crippen LogP contribution is 2.33. The predicted octanol–water partition coefficient (Wildman–Crippen LogP) is 1.98. The Balaban J connectivity index is 1.77. The molecular weight excluding hydrogens is 240 g/mol. The van der Waals surface area contributed by atoms with E-state index in [0.717, 1.165) is 23.5 Å². The van der Waals surface area contributed by atoms with Crippen LogP contribution in [0, 0.1) is 12.8 Å². The van der Waals surface area contributed by atoms with Gasteiger partial charge in [0, 0.05) is 30.4 Å². The molecule has 1 saturated carbocycles. The lowest BCUT2D eigenvalue weighted by atomic mass is 10.1. The van der Waals surface area contributed by atoms with Gasteiger partial charge in [-0.2, -0.15) is 4.98 Å². The molecule has 1 aliphatic carbocycles. The van der Waals surface area contributed by atoms with Gasteiger partial charge in [0.15, 0.2) is 0 Å². The van der Waals surface area contributed by atoms with Gasteiger partial charge in [0.1, 0.15) is 0 Å². The zero-order valence-electron chi connectivity index (χ0n) is 11.3. The summed E-state index contributed by atoms with van der Waals surface area (Å²) in [4.78, 5) is 8.59. The van der Waals surface area contributed by atoms with Gasteiger partial charge in [0.25, 0.3) is 0 Å². The molecule has 0 aliphatic heterocycles. The molecule has 5 nitrogen and oxygen atoms in total. The largest absolute Gasteiger partial charge is 0.339 e. The molecule has 0 amide bonds. The van der Waals surface area contributed by atoms with E-state index < -0.39 is 0 Å². The molecule has 1 N–H and O–H groups in total. The van der Waals surface area contributed by atoms with Crippen LogP contribution in [0.2, 0.25) is 0 Å². The third-order valence-corrected chi connectivity index (χ3v) is 3.70. The van der Waals surface area contributed by atoms with Crippen molar-refractivity contribution in [2.24, 2.45) is 5.92 Å². The van der Waals surface area contributed by atoms with E-state index >= 15 is 0 Å². The number of likely N-dealkylation sites (N-methyl/N-ethyl adjacent to an activating group) is 1. The molecule has 2 aromatic heterocycles. The Morgan fingerprint density at radius 1 is 1.47 bits per heavy atom. The van der Waals surface area contributed by atoms with Gasteiger partial charge in [-0.1, -0.05) is 5.16 Å². The van der Waals surface area contributed by atoms with Crippen LogP contribution in [0.15, 0.2) is 23.0 Å². The molecule has 1 unspecified atom stereocenters. The van der Waals surface area contributed by atoms with Crippen molar-refractivity contribution in [1.82, 2.24) is 20.4 Å². The molecule has 2 heterocycles. The van der Waals surface area contributed by atoms with Gasteiger partial charge in [-0.05, 0) is 44.4 Å². The van der Waals surface area contributed by atoms with Gasteiger partial charge >= 0.3 is 0 Å². The molecule has 0 spiro atoms. The molecule has 1 aliphatic rings. The molecule has 3 rings (SSSR count). The summed E-state index contributed by atoms with van der Waals surface area (Å²) >= 11 is 0. The van der Waals surface area contributed by atoms with E-state index in [9.17, 15) is 0 Å². The summed E-state index contributed by atoms with van der Waals surface area (Å²) in [5, 5.41) is 7.39. The van der Waals surface area contributed by atoms with Crippen LogP contribution in [0.1, 0.15) is 24.3 Å². The number of nitrogens with one attached hydrogen (secondary N) is 1. The van der Waals surface area contributed by atoms with E-state index in [1.165, 1.54) is 12.8 Å². The van der Waals surface area contributed by atoms with Crippen molar-refractivity contribution >= 4 is 0 Å². The lowest BCUT2D eigenvalue weighted by Crippen LogP contribution is -2.29. The van der Waals surface area contributed by atoms with Crippen molar-refractivity contribution in [2.45, 2.75) is 32.2 Å². The Hall–Kier alpha value is -1.75. The highest BCUT2D eigenvalue weighted by Gasteiger charge is 2.31. The first kappa shape index (κ1) is 12.3. The van der Waals surface area contributed by atoms with Crippen LogP contribution < -0.4 is 5.32 Å². The number of pyridine rings is 1. The summed E-state index contributed by atoms with van der Waals surface area (Å²) in [6.07, 6.45) is 6.94. The third kappa shape index (κ3) is 2.66. The summed E-state index contributed by atoms with van der Waals surface area (Å²) in [6.45, 7) is 2.02. The lowest BCUT2D eigenvalue weighted by Gasteiger charge is -2.11. The van der Waals surface area contributed by atoms with E-state index in [1.54, 1.807) is 12.4 Å². The minimum atomic E-state index is 0.447. The first-order valence-corrected chi connectivity index (χ1v) is 6.68. The Morgan fingerprint density at radius 3 is 3.00 bits per heavy atom. The van der Waals surface area contributed by atoms with Crippen molar-refractivity contribution < 1.29 is 4.52 Å². The van der Waals surface area contributed by atoms with E-state index in [2.05, 4.69) is 20.4 Å². The third-order valence-electron chi connectivity index (χ3n) is 3.70. The highest BCUT2D eigenvalue weighted by molar-refractivity contribution is 5.57. The van der Waals surface area contributed by atoms with Crippen LogP contribution in [-0.2, 0) is 6.42 Å². The summed E-state index contributed by atoms with van der Waals surface area (Å²) < 4.78 is 5.36. The SMILES string of the molecule is CNC(Cc1nc(-c2cnccc2C)no1)C1CC1. The molecule has 2 aromatic rings. The van der Waals surface area contributed by atoms with Crippen molar-refractivity contribution in [2.75, 3.05) is 7.05 Å². The van der Waals surface area contributed by atoms with Crippen LogP contribution in [0.3, 0.4) is 0 Å². The maximum atomic E-state index is 5.36. The Morgan fingerprint density at radius 2 is 2.32 bits per heavy atom. The molecule has 1 atom stereocenters. The second kappa shape index (κ2) is 5.09. The first-order valence-electron chi connectivity index (χ1n) is 6.68. The van der Waals surface area contributed by atoms with Gasteiger partial charge in [-0.3, -0.25) is 4.98 Å². The van der Waals surface area contributed by atoms with Crippen molar-refractivity contribution in [3.8, 4) is 11.4 Å². The molecule has 5 heteroatoms. The normalized spacial score (nSPS) is 16.5. The molecule has 0 bridgehead atoms. The van der Waals surface area contributed by atoms with Gasteiger partial charge in [-0.25, -0.2) is 0 Å². The number of hydrogen-bond donors (Lipinski definition) is 1. The average molecular weight is 258 g/mol. The van der Waals surface area contributed by atoms with Gasteiger partial charge < -0.3 is 9.84 Å². The minimum absolute atomic E-state index is 0.447. The standard InChI is InChI=1S/C14H18N4O/c1-9-5-6-16-8-11(9)14-17-13(19-18-14)7-12(15-2)10-3-4-10/h5-6,8,10,12,15H,3-4,7H2,1-2H3. The zero-order chi connectivity index (χ0) is 13.2. The van der Waals surface area contributed by atoms with Crippen LogP contribution in [-0.4, -0.2) is 28.2 Å². The van der Waals surface area contributed by atoms with Crippen molar-refractivity contribution in [3.63, 3.8) is 0 Å². The number of nitrogens with zero attached hydrogens (tertiary/aromatic N) is 3. The number of aryl methyl sites for hydroxylation is 1. The van der Waals surface area contributed by atoms with Crippen LogP contribution >= 0.6 is 0 Å². The Labute approximate surface area is 112 Å². The second-order valence-electron chi connectivity index (χ2n) is 5.14. The fourth-order valence-electron chi connectivity index (χ4n) is 2.34. The lowest BCUT2D eigenvalue weighted by molar-refractivity contribution is 0.352. The average Bonchev–Trinajstić information content (AvgIpc) is 3.16. The van der Waals surface area contributed by atoms with Crippen molar-refractivity contribution in [1.29, 1.82) is 0 Å². The molecule has 1 fully saturated rings. The Bertz CT molecular complexity index is 562. The summed E-state index contributed by atoms with van der Waals surface area (Å²) in [7, 11) is 1.99. The maximum absolute atomic E-state index is 5.36. The number of aromatic nitrogens is 3. The van der Waals surface area contributed by atoms with Crippen LogP contribution in [0.25, 0.3) is 11.4 Å². The minimum Gasteiger partial charge on any atom is -0.339 e. The molecular formula is C14H18N4O. The van der Waals surface area contributed by atoms with Gasteiger partial charge in [0.05, 0.1) is 0 Å². The molecule has 100 valence electrons. The summed E-state index contributed by atoms with van der Waals surface area (Å²) in [5.41, 5.74) is 2.04. The summed E-state index contributed by atoms with van der Waals surface area (Å²) in [5.74, 6) is 2.09. The molecule has 0 saturated heterocycles. The maximum Gasteiger partial charge on any atom is 0.228 e. The van der Waals surface area contributed by atoms with E-state index in [4.69, 9.17) is 4.52 Å². The Kier molecular flexibility index (Phi) is 3.29. The monoisotopic (exact) mass is 258 g/mol. The molecule has 0 aromatic carbocycles. The first-order chi connectivity index (χ1) is 9.28. The summed E-state index contributed by atoms with van der Waals surface area (Å²) in [6, 6.07) is 2.40. The smallest absolute Gasteiger partial charge is 0.228 e. The fourth-order valence-corrected chi connectivity index (χ4v) is 2.34. The van der Waals surface area contributed by atoms with E-state index in [1.807, 2.05) is 20.0 Å². The zero-order valence-corrected chi connectivity index (χ0v) is 11.3. The van der Waals surface area contributed by atoms with E-state index in [-0.39, 0.29) is 0 Å². The van der Waals surface area contributed by atoms with Gasteiger partial charge in [-0.15, -0.1) is 0 Å². The van der Waals surface area contributed by atoms with E-state index in [0.29, 0.717) is 17.8 Å². The second-order valence-corrected chi connectivity index (χ2v) is 5.14. The van der Waals surface area contributed by atoms with Gasteiger partial charge in [0.2, 0.25) is 11.7 Å². The topological polar surface area (TPSA) is 63.8 Å². The molecule has 19 heavy (non-hydrogen) atoms. The van der Waals surface area contributed by atoms with Crippen molar-refractivity contribution in [3.05, 3.63) is 29.9 Å². The quantitative estimate of drug-likeness (QED) is 0.888. The number of rotatable bonds is 5. The fraction of sp³-hybridized carbons (Fsp3) is 0.500. The number of hydrogen-bond acceptors (Lipinski definition) is 5. The van der Waals surface area contributed by atoms with Crippen LogP contribution in [0.5, 0.6) is 0 Å². The molecule has 0 radical (unpaired) electrons. The van der Waals surface area contributed by atoms with Crippen LogP contribution in [0.4, 0.5) is 0 Å². The highest BCUT2D eigenvalue weighted by atomic mass is 16.5. The predicted molar refractivity (Wildman–Crippen MR) is 71.5 cm³/mol.